The van der Waals surface area contributed by atoms with Crippen LogP contribution in [0.4, 0.5) is 0 Å². The molecule has 3 rings (SSSR count). The second kappa shape index (κ2) is 5.29. The fraction of sp³-hybridized carbons (Fsp3) is 0.438. The van der Waals surface area contributed by atoms with Crippen molar-refractivity contribution < 1.29 is 9.84 Å². The Morgan fingerprint density at radius 2 is 2.15 bits per heavy atom. The number of para-hydroxylation sites is 1. The Morgan fingerprint density at radius 1 is 1.35 bits per heavy atom. The van der Waals surface area contributed by atoms with Gasteiger partial charge in [-0.25, -0.2) is 0 Å². The van der Waals surface area contributed by atoms with Gasteiger partial charge in [0.1, 0.15) is 5.75 Å². The van der Waals surface area contributed by atoms with Crippen LogP contribution >= 0.6 is 0 Å². The van der Waals surface area contributed by atoms with Gasteiger partial charge in [-0.3, -0.25) is 4.68 Å². The number of aliphatic hydroxyl groups is 1. The summed E-state index contributed by atoms with van der Waals surface area (Å²) in [6.07, 6.45) is 2.06. The van der Waals surface area contributed by atoms with Crippen LogP contribution in [0.25, 0.3) is 0 Å². The Kier molecular flexibility index (Phi) is 3.49. The number of ether oxygens (including phenoxy) is 1. The summed E-state index contributed by atoms with van der Waals surface area (Å²) in [5.41, 5.74) is 2.03. The van der Waals surface area contributed by atoms with Crippen molar-refractivity contribution in [2.45, 2.75) is 38.3 Å². The average Bonchev–Trinajstić information content (AvgIpc) is 3.04. The summed E-state index contributed by atoms with van der Waals surface area (Å²) in [5.74, 6) is 0.930. The van der Waals surface area contributed by atoms with Crippen LogP contribution in [0, 0.1) is 0 Å². The molecule has 2 atom stereocenters. The number of hydrogen-bond donors (Lipinski definition) is 1. The zero-order chi connectivity index (χ0) is 14.1. The third-order valence-corrected chi connectivity index (χ3v) is 3.81. The standard InChI is InChI=1S/C16H20N2O2/c1-11(2)18-8-7-12(17-18)9-15(19)14-10-20-16-6-4-3-5-13(14)16/h3-8,11,14-15,19H,9-10H2,1-2H3. The fourth-order valence-electron chi connectivity index (χ4n) is 2.64. The molecule has 2 heterocycles. The Hall–Kier alpha value is -1.81. The van der Waals surface area contributed by atoms with Gasteiger partial charge in [-0.1, -0.05) is 18.2 Å². The highest BCUT2D eigenvalue weighted by molar-refractivity contribution is 5.40. The molecule has 1 aromatic carbocycles. The summed E-state index contributed by atoms with van der Waals surface area (Å²) < 4.78 is 7.55. The molecular weight excluding hydrogens is 252 g/mol. The van der Waals surface area contributed by atoms with Crippen LogP contribution in [0.1, 0.15) is 37.1 Å². The highest BCUT2D eigenvalue weighted by atomic mass is 16.5. The van der Waals surface area contributed by atoms with Gasteiger partial charge >= 0.3 is 0 Å². The zero-order valence-corrected chi connectivity index (χ0v) is 11.9. The van der Waals surface area contributed by atoms with Crippen LogP contribution in [-0.2, 0) is 6.42 Å². The number of hydrogen-bond acceptors (Lipinski definition) is 3. The van der Waals surface area contributed by atoms with Gasteiger partial charge in [-0.2, -0.15) is 5.10 Å². The smallest absolute Gasteiger partial charge is 0.123 e. The molecule has 0 aliphatic carbocycles. The van der Waals surface area contributed by atoms with E-state index in [4.69, 9.17) is 4.74 Å². The van der Waals surface area contributed by atoms with Gasteiger partial charge in [0, 0.05) is 30.1 Å². The lowest BCUT2D eigenvalue weighted by atomic mass is 9.93. The molecule has 1 aromatic heterocycles. The maximum absolute atomic E-state index is 10.5. The maximum atomic E-state index is 10.5. The van der Waals surface area contributed by atoms with E-state index < -0.39 is 6.10 Å². The van der Waals surface area contributed by atoms with Crippen LogP contribution in [0.3, 0.4) is 0 Å². The van der Waals surface area contributed by atoms with Gasteiger partial charge in [0.2, 0.25) is 0 Å². The molecule has 2 unspecified atom stereocenters. The van der Waals surface area contributed by atoms with Crippen LogP contribution in [0.15, 0.2) is 36.5 Å². The average molecular weight is 272 g/mol. The van der Waals surface area contributed by atoms with E-state index in [9.17, 15) is 5.11 Å². The largest absolute Gasteiger partial charge is 0.493 e. The first-order valence-electron chi connectivity index (χ1n) is 7.09. The molecule has 1 aliphatic rings. The van der Waals surface area contributed by atoms with Crippen molar-refractivity contribution in [1.29, 1.82) is 0 Å². The van der Waals surface area contributed by atoms with Gasteiger partial charge in [0.15, 0.2) is 0 Å². The molecular formula is C16H20N2O2. The number of nitrogens with zero attached hydrogens (tertiary/aromatic N) is 2. The lowest BCUT2D eigenvalue weighted by molar-refractivity contribution is 0.128. The predicted molar refractivity (Wildman–Crippen MR) is 77.0 cm³/mol. The minimum Gasteiger partial charge on any atom is -0.493 e. The summed E-state index contributed by atoms with van der Waals surface area (Å²) in [6, 6.07) is 10.2. The number of rotatable bonds is 4. The molecule has 0 saturated carbocycles. The van der Waals surface area contributed by atoms with E-state index in [1.807, 2.05) is 41.2 Å². The van der Waals surface area contributed by atoms with E-state index in [0.29, 0.717) is 19.1 Å². The molecule has 0 radical (unpaired) electrons. The summed E-state index contributed by atoms with van der Waals surface area (Å²) in [4.78, 5) is 0. The second-order valence-electron chi connectivity index (χ2n) is 5.61. The molecule has 106 valence electrons. The Balaban J connectivity index is 1.72. The van der Waals surface area contributed by atoms with E-state index >= 15 is 0 Å². The van der Waals surface area contributed by atoms with E-state index in [1.165, 1.54) is 0 Å². The van der Waals surface area contributed by atoms with Crippen LogP contribution in [0.5, 0.6) is 5.75 Å². The normalized spacial score (nSPS) is 18.9. The number of benzene rings is 1. The van der Waals surface area contributed by atoms with Crippen molar-refractivity contribution in [2.75, 3.05) is 6.61 Å². The molecule has 0 spiro atoms. The summed E-state index contributed by atoms with van der Waals surface area (Å²) in [7, 11) is 0. The number of aromatic nitrogens is 2. The number of aliphatic hydroxyl groups excluding tert-OH is 1. The molecule has 0 saturated heterocycles. The molecule has 4 nitrogen and oxygen atoms in total. The van der Waals surface area contributed by atoms with E-state index in [-0.39, 0.29) is 5.92 Å². The molecule has 20 heavy (non-hydrogen) atoms. The second-order valence-corrected chi connectivity index (χ2v) is 5.61. The highest BCUT2D eigenvalue weighted by Crippen LogP contribution is 2.36. The molecule has 4 heteroatoms. The van der Waals surface area contributed by atoms with Gasteiger partial charge in [0.05, 0.1) is 18.4 Å². The van der Waals surface area contributed by atoms with E-state index in [0.717, 1.165) is 17.0 Å². The summed E-state index contributed by atoms with van der Waals surface area (Å²) in [6.45, 7) is 4.73. The predicted octanol–water partition coefficient (Wildman–Crippen LogP) is 2.54. The minimum atomic E-state index is -0.464. The highest BCUT2D eigenvalue weighted by Gasteiger charge is 2.30. The van der Waals surface area contributed by atoms with Gasteiger partial charge < -0.3 is 9.84 Å². The molecule has 0 amide bonds. The Bertz CT molecular complexity index is 592. The van der Waals surface area contributed by atoms with Crippen molar-refractivity contribution in [3.05, 3.63) is 47.8 Å². The zero-order valence-electron chi connectivity index (χ0n) is 11.9. The number of fused-ring (bicyclic) bond motifs is 1. The first kappa shape index (κ1) is 13.2. The summed E-state index contributed by atoms with van der Waals surface area (Å²) in [5, 5.41) is 15.0. The van der Waals surface area contributed by atoms with Crippen LogP contribution in [-0.4, -0.2) is 27.6 Å². The first-order valence-corrected chi connectivity index (χ1v) is 7.09. The van der Waals surface area contributed by atoms with Gasteiger partial charge in [-0.05, 0) is 26.0 Å². The van der Waals surface area contributed by atoms with Gasteiger partial charge in [0.25, 0.3) is 0 Å². The van der Waals surface area contributed by atoms with Crippen molar-refractivity contribution in [3.63, 3.8) is 0 Å². The summed E-state index contributed by atoms with van der Waals surface area (Å²) >= 11 is 0. The Morgan fingerprint density at radius 3 is 2.90 bits per heavy atom. The lowest BCUT2D eigenvalue weighted by Gasteiger charge is -2.16. The third kappa shape index (κ3) is 2.43. The van der Waals surface area contributed by atoms with Crippen molar-refractivity contribution in [3.8, 4) is 5.75 Å². The monoisotopic (exact) mass is 272 g/mol. The van der Waals surface area contributed by atoms with Crippen LogP contribution in [0.2, 0.25) is 0 Å². The maximum Gasteiger partial charge on any atom is 0.123 e. The van der Waals surface area contributed by atoms with Crippen molar-refractivity contribution in [2.24, 2.45) is 0 Å². The third-order valence-electron chi connectivity index (χ3n) is 3.81. The van der Waals surface area contributed by atoms with E-state index in [2.05, 4.69) is 18.9 Å². The van der Waals surface area contributed by atoms with Crippen LogP contribution < -0.4 is 4.74 Å². The fourth-order valence-corrected chi connectivity index (χ4v) is 2.64. The lowest BCUT2D eigenvalue weighted by Crippen LogP contribution is -2.22. The molecule has 0 bridgehead atoms. The SMILES string of the molecule is CC(C)n1ccc(CC(O)C2COc3ccccc32)n1. The molecule has 1 N–H and O–H groups in total. The van der Waals surface area contributed by atoms with Gasteiger partial charge in [-0.15, -0.1) is 0 Å². The Labute approximate surface area is 119 Å². The van der Waals surface area contributed by atoms with Crippen molar-refractivity contribution in [1.82, 2.24) is 9.78 Å². The molecule has 2 aromatic rings. The van der Waals surface area contributed by atoms with E-state index in [1.54, 1.807) is 0 Å². The molecule has 0 fully saturated rings. The van der Waals surface area contributed by atoms with Crippen molar-refractivity contribution >= 4 is 0 Å². The minimum absolute atomic E-state index is 0.0374. The molecule has 1 aliphatic heterocycles. The first-order chi connectivity index (χ1) is 9.65. The topological polar surface area (TPSA) is 47.3 Å². The quantitative estimate of drug-likeness (QED) is 0.930.